The summed E-state index contributed by atoms with van der Waals surface area (Å²) in [6.07, 6.45) is 5.86. The van der Waals surface area contributed by atoms with Crippen LogP contribution in [0, 0.1) is 20.8 Å². The molecule has 0 spiro atoms. The van der Waals surface area contributed by atoms with Crippen LogP contribution in [0.5, 0.6) is 0 Å². The molecule has 2 aromatic carbocycles. The van der Waals surface area contributed by atoms with E-state index in [1.807, 2.05) is 26.8 Å². The first-order chi connectivity index (χ1) is 10.1. The van der Waals surface area contributed by atoms with Crippen LogP contribution in [0.2, 0.25) is 0 Å². The van der Waals surface area contributed by atoms with Gasteiger partial charge >= 0.3 is 0 Å². The van der Waals surface area contributed by atoms with Crippen molar-refractivity contribution in [1.29, 1.82) is 0 Å². The highest BCUT2D eigenvalue weighted by molar-refractivity contribution is 5.85. The van der Waals surface area contributed by atoms with Gasteiger partial charge < -0.3 is 4.42 Å². The molecule has 1 aromatic heterocycles. The first-order valence-corrected chi connectivity index (χ1v) is 7.25. The van der Waals surface area contributed by atoms with Crippen LogP contribution < -0.4 is 0 Å². The predicted octanol–water partition coefficient (Wildman–Crippen LogP) is 6.08. The Labute approximate surface area is 126 Å². The van der Waals surface area contributed by atoms with E-state index in [0.717, 1.165) is 5.76 Å². The number of hydrogen-bond donors (Lipinski definition) is 0. The average molecular weight is 278 g/mol. The highest BCUT2D eigenvalue weighted by atomic mass is 16.3. The topological polar surface area (TPSA) is 13.1 Å². The molecule has 0 amide bonds. The summed E-state index contributed by atoms with van der Waals surface area (Å²) in [6, 6.07) is 14.8. The van der Waals surface area contributed by atoms with Crippen molar-refractivity contribution in [2.24, 2.45) is 0 Å². The maximum absolute atomic E-state index is 5.20. The summed E-state index contributed by atoms with van der Waals surface area (Å²) in [5.74, 6) is 0.996. The number of furan rings is 1. The summed E-state index contributed by atoms with van der Waals surface area (Å²) in [5, 5.41) is 2.68. The van der Waals surface area contributed by atoms with E-state index >= 15 is 0 Å². The first-order valence-electron chi connectivity index (χ1n) is 7.25. The minimum Gasteiger partial charge on any atom is -0.469 e. The molecule has 0 N–H and O–H groups in total. The van der Waals surface area contributed by atoms with Crippen LogP contribution in [0.25, 0.3) is 16.8 Å². The molecule has 0 saturated carbocycles. The molecule has 0 aliphatic heterocycles. The fraction of sp³-hybridized carbons (Fsp3) is 0.200. The summed E-state index contributed by atoms with van der Waals surface area (Å²) in [6.45, 7) is 8.17. The molecule has 108 valence electrons. The van der Waals surface area contributed by atoms with Crippen LogP contribution in [-0.4, -0.2) is 0 Å². The van der Waals surface area contributed by atoms with Gasteiger partial charge in [-0.1, -0.05) is 54.6 Å². The van der Waals surface area contributed by atoms with Crippen molar-refractivity contribution >= 4 is 16.8 Å². The smallest absolute Gasteiger partial charge is 0.108 e. The van der Waals surface area contributed by atoms with Gasteiger partial charge in [-0.15, -0.1) is 0 Å². The van der Waals surface area contributed by atoms with Crippen molar-refractivity contribution in [1.82, 2.24) is 0 Å². The van der Waals surface area contributed by atoms with Crippen LogP contribution in [0.4, 0.5) is 0 Å². The molecule has 0 bridgehead atoms. The second kappa shape index (κ2) is 6.94. The van der Waals surface area contributed by atoms with Gasteiger partial charge in [0, 0.05) is 5.56 Å². The van der Waals surface area contributed by atoms with Crippen molar-refractivity contribution in [3.05, 3.63) is 77.3 Å². The van der Waals surface area contributed by atoms with Gasteiger partial charge in [0.15, 0.2) is 0 Å². The average Bonchev–Trinajstić information content (AvgIpc) is 2.81. The number of benzene rings is 2. The molecule has 0 saturated heterocycles. The van der Waals surface area contributed by atoms with E-state index in [2.05, 4.69) is 55.5 Å². The van der Waals surface area contributed by atoms with E-state index < -0.39 is 0 Å². The Morgan fingerprint density at radius 1 is 0.857 bits per heavy atom. The van der Waals surface area contributed by atoms with Crippen molar-refractivity contribution in [2.45, 2.75) is 27.7 Å². The van der Waals surface area contributed by atoms with Gasteiger partial charge in [-0.25, -0.2) is 0 Å². The van der Waals surface area contributed by atoms with E-state index in [1.54, 1.807) is 6.26 Å². The van der Waals surface area contributed by atoms with Gasteiger partial charge in [0.2, 0.25) is 0 Å². The molecule has 0 radical (unpaired) electrons. The third kappa shape index (κ3) is 3.63. The highest BCUT2D eigenvalue weighted by Crippen LogP contribution is 2.17. The number of allylic oxidation sites excluding steroid dienone is 1. The van der Waals surface area contributed by atoms with E-state index in [1.165, 1.54) is 27.5 Å². The Kier molecular flexibility index (Phi) is 4.99. The minimum absolute atomic E-state index is 0.996. The molecule has 1 heterocycles. The SMILES string of the molecule is C/C=C\c1c(C)coc1C.Cc1cccc2ccccc12. The van der Waals surface area contributed by atoms with Gasteiger partial charge in [-0.2, -0.15) is 0 Å². The maximum Gasteiger partial charge on any atom is 0.108 e. The fourth-order valence-electron chi connectivity index (χ4n) is 2.38. The lowest BCUT2D eigenvalue weighted by Gasteiger charge is -1.98. The van der Waals surface area contributed by atoms with Gasteiger partial charge in [0.05, 0.1) is 6.26 Å². The van der Waals surface area contributed by atoms with Crippen LogP contribution in [0.1, 0.15) is 29.4 Å². The standard InChI is InChI=1S/C11H10.C9H12O/c1-9-5-4-7-10-6-2-3-8-11(9)10;1-4-5-9-7(2)6-10-8(9)3/h2-8H,1H3;4-6H,1-3H3/b;5-4-. The molecule has 1 heteroatoms. The zero-order chi connectivity index (χ0) is 15.2. The third-order valence-corrected chi connectivity index (χ3v) is 3.56. The summed E-state index contributed by atoms with van der Waals surface area (Å²) in [4.78, 5) is 0. The fourth-order valence-corrected chi connectivity index (χ4v) is 2.38. The van der Waals surface area contributed by atoms with E-state index in [0.29, 0.717) is 0 Å². The summed E-state index contributed by atoms with van der Waals surface area (Å²) >= 11 is 0. The molecule has 0 fully saturated rings. The molecule has 3 rings (SSSR count). The summed E-state index contributed by atoms with van der Waals surface area (Å²) in [5.41, 5.74) is 3.77. The Hall–Kier alpha value is -2.28. The van der Waals surface area contributed by atoms with Crippen molar-refractivity contribution in [3.63, 3.8) is 0 Å². The lowest BCUT2D eigenvalue weighted by molar-refractivity contribution is 0.532. The van der Waals surface area contributed by atoms with Crippen molar-refractivity contribution < 1.29 is 4.42 Å². The Balaban J connectivity index is 0.000000155. The van der Waals surface area contributed by atoms with Crippen LogP contribution in [0.3, 0.4) is 0 Å². The first kappa shape index (κ1) is 15.1. The van der Waals surface area contributed by atoms with E-state index in [-0.39, 0.29) is 0 Å². The molecule has 0 atom stereocenters. The van der Waals surface area contributed by atoms with Crippen molar-refractivity contribution in [2.75, 3.05) is 0 Å². The normalized spacial score (nSPS) is 10.7. The Morgan fingerprint density at radius 3 is 2.19 bits per heavy atom. The van der Waals surface area contributed by atoms with E-state index in [4.69, 9.17) is 4.42 Å². The summed E-state index contributed by atoms with van der Waals surface area (Å²) < 4.78 is 5.20. The van der Waals surface area contributed by atoms with Gasteiger partial charge in [-0.05, 0) is 49.6 Å². The van der Waals surface area contributed by atoms with Crippen LogP contribution >= 0.6 is 0 Å². The second-order valence-electron chi connectivity index (χ2n) is 5.18. The zero-order valence-electron chi connectivity index (χ0n) is 13.2. The quantitative estimate of drug-likeness (QED) is 0.526. The zero-order valence-corrected chi connectivity index (χ0v) is 13.2. The Bertz CT molecular complexity index is 723. The lowest BCUT2D eigenvalue weighted by Crippen LogP contribution is -1.75. The van der Waals surface area contributed by atoms with Crippen molar-refractivity contribution in [3.8, 4) is 0 Å². The number of aryl methyl sites for hydroxylation is 3. The second-order valence-corrected chi connectivity index (χ2v) is 5.18. The molecular formula is C20H22O. The highest BCUT2D eigenvalue weighted by Gasteiger charge is 2.00. The van der Waals surface area contributed by atoms with Crippen LogP contribution in [-0.2, 0) is 0 Å². The van der Waals surface area contributed by atoms with Gasteiger partial charge in [0.25, 0.3) is 0 Å². The van der Waals surface area contributed by atoms with Crippen LogP contribution in [0.15, 0.2) is 59.2 Å². The van der Waals surface area contributed by atoms with Gasteiger partial charge in [-0.3, -0.25) is 0 Å². The Morgan fingerprint density at radius 2 is 1.57 bits per heavy atom. The number of rotatable bonds is 1. The monoisotopic (exact) mass is 278 g/mol. The predicted molar refractivity (Wildman–Crippen MR) is 91.6 cm³/mol. The minimum atomic E-state index is 0.996. The molecule has 0 aliphatic rings. The maximum atomic E-state index is 5.20. The molecule has 21 heavy (non-hydrogen) atoms. The largest absolute Gasteiger partial charge is 0.469 e. The van der Waals surface area contributed by atoms with Gasteiger partial charge in [0.1, 0.15) is 5.76 Å². The lowest BCUT2D eigenvalue weighted by atomic mass is 10.1. The molecule has 0 unspecified atom stereocenters. The van der Waals surface area contributed by atoms with E-state index in [9.17, 15) is 0 Å². The molecule has 1 nitrogen and oxygen atoms in total. The molecule has 3 aromatic rings. The number of hydrogen-bond acceptors (Lipinski definition) is 1. The third-order valence-electron chi connectivity index (χ3n) is 3.56. The molecule has 0 aliphatic carbocycles. The summed E-state index contributed by atoms with van der Waals surface area (Å²) in [7, 11) is 0. The molecular weight excluding hydrogens is 256 g/mol. The number of fused-ring (bicyclic) bond motifs is 1.